The van der Waals surface area contributed by atoms with E-state index in [-0.39, 0.29) is 24.4 Å². The summed E-state index contributed by atoms with van der Waals surface area (Å²) in [6.45, 7) is 2.99. The van der Waals surface area contributed by atoms with Gasteiger partial charge in [-0.05, 0) is 48.9 Å². The molecule has 4 heteroatoms. The zero-order valence-corrected chi connectivity index (χ0v) is 14.9. The molecule has 0 bridgehead atoms. The van der Waals surface area contributed by atoms with Crippen molar-refractivity contribution in [1.29, 1.82) is 0 Å². The van der Waals surface area contributed by atoms with Gasteiger partial charge in [-0.1, -0.05) is 52.3 Å². The molecule has 2 nitrogen and oxygen atoms in total. The van der Waals surface area contributed by atoms with Gasteiger partial charge < -0.3 is 10.4 Å². The summed E-state index contributed by atoms with van der Waals surface area (Å²) >= 11 is 3.28. The standard InChI is InChI=1S/C19H23BrFNO/c1-14(11-16-7-8-18(20)12-19(16)21)22-13-17(9-10-23)15-5-3-2-4-6-15/h2-8,12,14,17,22-23H,9-11,13H2,1H3/t14-,17-/m0/s1. The van der Waals surface area contributed by atoms with E-state index in [1.165, 1.54) is 11.6 Å². The lowest BCUT2D eigenvalue weighted by atomic mass is 9.95. The summed E-state index contributed by atoms with van der Waals surface area (Å²) in [5.41, 5.74) is 1.93. The second kappa shape index (κ2) is 9.16. The average molecular weight is 380 g/mol. The molecule has 2 aromatic carbocycles. The first-order chi connectivity index (χ1) is 11.1. The fraction of sp³-hybridized carbons (Fsp3) is 0.368. The molecule has 0 aliphatic heterocycles. The fourth-order valence-corrected chi connectivity index (χ4v) is 3.03. The van der Waals surface area contributed by atoms with E-state index >= 15 is 0 Å². The van der Waals surface area contributed by atoms with Crippen LogP contribution in [0.25, 0.3) is 0 Å². The highest BCUT2D eigenvalue weighted by Crippen LogP contribution is 2.19. The SMILES string of the molecule is C[C@@H](Cc1ccc(Br)cc1F)NC[C@H](CCO)c1ccccc1. The zero-order valence-electron chi connectivity index (χ0n) is 13.3. The van der Waals surface area contributed by atoms with Crippen LogP contribution < -0.4 is 5.32 Å². The molecule has 2 aromatic rings. The summed E-state index contributed by atoms with van der Waals surface area (Å²) in [7, 11) is 0. The lowest BCUT2D eigenvalue weighted by Crippen LogP contribution is -2.32. The number of rotatable bonds is 8. The van der Waals surface area contributed by atoms with Gasteiger partial charge in [0.25, 0.3) is 0 Å². The predicted molar refractivity (Wildman–Crippen MR) is 96.2 cm³/mol. The van der Waals surface area contributed by atoms with Crippen molar-refractivity contribution in [3.8, 4) is 0 Å². The summed E-state index contributed by atoms with van der Waals surface area (Å²) in [6, 6.07) is 15.5. The first-order valence-corrected chi connectivity index (χ1v) is 8.72. The number of aliphatic hydroxyl groups is 1. The number of hydrogen-bond donors (Lipinski definition) is 2. The van der Waals surface area contributed by atoms with Crippen LogP contribution >= 0.6 is 15.9 Å². The average Bonchev–Trinajstić information content (AvgIpc) is 2.55. The minimum atomic E-state index is -0.178. The maximum Gasteiger partial charge on any atom is 0.127 e. The molecular formula is C19H23BrFNO. The summed E-state index contributed by atoms with van der Waals surface area (Å²) in [4.78, 5) is 0. The van der Waals surface area contributed by atoms with E-state index in [9.17, 15) is 9.50 Å². The monoisotopic (exact) mass is 379 g/mol. The highest BCUT2D eigenvalue weighted by Gasteiger charge is 2.13. The Hall–Kier alpha value is -1.23. The third-order valence-electron chi connectivity index (χ3n) is 4.00. The third-order valence-corrected chi connectivity index (χ3v) is 4.50. The van der Waals surface area contributed by atoms with Gasteiger partial charge in [0, 0.05) is 23.7 Å². The molecule has 2 atom stereocenters. The number of benzene rings is 2. The number of halogens is 2. The van der Waals surface area contributed by atoms with Crippen LogP contribution in [0.4, 0.5) is 4.39 Å². The lowest BCUT2D eigenvalue weighted by Gasteiger charge is -2.21. The van der Waals surface area contributed by atoms with Crippen LogP contribution in [0.5, 0.6) is 0 Å². The van der Waals surface area contributed by atoms with Crippen LogP contribution in [0.2, 0.25) is 0 Å². The molecule has 0 aromatic heterocycles. The molecule has 0 aliphatic rings. The van der Waals surface area contributed by atoms with Gasteiger partial charge in [0.1, 0.15) is 5.82 Å². The predicted octanol–water partition coefficient (Wildman–Crippen LogP) is 4.28. The summed E-state index contributed by atoms with van der Waals surface area (Å²) < 4.78 is 14.7. The van der Waals surface area contributed by atoms with Crippen molar-refractivity contribution in [3.63, 3.8) is 0 Å². The zero-order chi connectivity index (χ0) is 16.7. The normalized spacial score (nSPS) is 13.7. The van der Waals surface area contributed by atoms with Gasteiger partial charge in [0.05, 0.1) is 0 Å². The third kappa shape index (κ3) is 5.72. The molecule has 2 rings (SSSR count). The molecule has 0 aliphatic carbocycles. The Balaban J connectivity index is 1.92. The van der Waals surface area contributed by atoms with Gasteiger partial charge >= 0.3 is 0 Å². The van der Waals surface area contributed by atoms with Gasteiger partial charge in [-0.15, -0.1) is 0 Å². The molecule has 0 saturated heterocycles. The van der Waals surface area contributed by atoms with Crippen LogP contribution in [-0.2, 0) is 6.42 Å². The molecule has 0 spiro atoms. The smallest absolute Gasteiger partial charge is 0.127 e. The van der Waals surface area contributed by atoms with Crippen LogP contribution in [0.3, 0.4) is 0 Å². The van der Waals surface area contributed by atoms with Crippen LogP contribution in [0.1, 0.15) is 30.4 Å². The maximum absolute atomic E-state index is 13.9. The van der Waals surface area contributed by atoms with Crippen molar-refractivity contribution in [3.05, 3.63) is 69.9 Å². The lowest BCUT2D eigenvalue weighted by molar-refractivity contribution is 0.272. The molecule has 0 fully saturated rings. The van der Waals surface area contributed by atoms with E-state index in [4.69, 9.17) is 0 Å². The van der Waals surface area contributed by atoms with E-state index in [0.717, 1.165) is 17.4 Å². The molecule has 2 N–H and O–H groups in total. The number of hydrogen-bond acceptors (Lipinski definition) is 2. The van der Waals surface area contributed by atoms with Crippen molar-refractivity contribution in [1.82, 2.24) is 5.32 Å². The Labute approximate surface area is 145 Å². The Bertz CT molecular complexity index is 606. The van der Waals surface area contributed by atoms with Gasteiger partial charge in [0.15, 0.2) is 0 Å². The van der Waals surface area contributed by atoms with E-state index in [0.29, 0.717) is 12.0 Å². The van der Waals surface area contributed by atoms with Crippen LogP contribution in [0.15, 0.2) is 53.0 Å². The number of nitrogens with one attached hydrogen (secondary N) is 1. The summed E-state index contributed by atoms with van der Waals surface area (Å²) in [5.74, 6) is 0.0846. The minimum Gasteiger partial charge on any atom is -0.396 e. The molecule has 0 heterocycles. The Kier molecular flexibility index (Phi) is 7.21. The summed E-state index contributed by atoms with van der Waals surface area (Å²) in [5, 5.41) is 12.7. The molecule has 0 radical (unpaired) electrons. The van der Waals surface area contributed by atoms with E-state index in [1.807, 2.05) is 30.3 Å². The summed E-state index contributed by atoms with van der Waals surface area (Å²) in [6.07, 6.45) is 1.36. The van der Waals surface area contributed by atoms with E-state index < -0.39 is 0 Å². The van der Waals surface area contributed by atoms with Crippen molar-refractivity contribution in [2.45, 2.75) is 31.7 Å². The highest BCUT2D eigenvalue weighted by molar-refractivity contribution is 9.10. The van der Waals surface area contributed by atoms with Crippen molar-refractivity contribution in [2.75, 3.05) is 13.2 Å². The largest absolute Gasteiger partial charge is 0.396 e. The Morgan fingerprint density at radius 1 is 1.17 bits per heavy atom. The van der Waals surface area contributed by atoms with Crippen molar-refractivity contribution in [2.24, 2.45) is 0 Å². The molecule has 124 valence electrons. The van der Waals surface area contributed by atoms with Gasteiger partial charge in [-0.2, -0.15) is 0 Å². The molecule has 0 saturated carbocycles. The molecule has 0 amide bonds. The molecular weight excluding hydrogens is 357 g/mol. The fourth-order valence-electron chi connectivity index (χ4n) is 2.70. The second-order valence-electron chi connectivity index (χ2n) is 5.87. The van der Waals surface area contributed by atoms with Crippen molar-refractivity contribution < 1.29 is 9.50 Å². The second-order valence-corrected chi connectivity index (χ2v) is 6.78. The first-order valence-electron chi connectivity index (χ1n) is 7.93. The number of aliphatic hydroxyl groups excluding tert-OH is 1. The molecule has 0 unspecified atom stereocenters. The van der Waals surface area contributed by atoms with Crippen LogP contribution in [-0.4, -0.2) is 24.3 Å². The Morgan fingerprint density at radius 3 is 2.57 bits per heavy atom. The van der Waals surface area contributed by atoms with Gasteiger partial charge in [0.2, 0.25) is 0 Å². The van der Waals surface area contributed by atoms with E-state index in [1.54, 1.807) is 0 Å². The Morgan fingerprint density at radius 2 is 1.91 bits per heavy atom. The van der Waals surface area contributed by atoms with Crippen molar-refractivity contribution >= 4 is 15.9 Å². The maximum atomic E-state index is 13.9. The molecule has 23 heavy (non-hydrogen) atoms. The van der Waals surface area contributed by atoms with Gasteiger partial charge in [-0.3, -0.25) is 0 Å². The van der Waals surface area contributed by atoms with Crippen LogP contribution in [0, 0.1) is 5.82 Å². The first kappa shape index (κ1) is 18.1. The van der Waals surface area contributed by atoms with E-state index in [2.05, 4.69) is 40.3 Å². The highest BCUT2D eigenvalue weighted by atomic mass is 79.9. The topological polar surface area (TPSA) is 32.3 Å². The quantitative estimate of drug-likeness (QED) is 0.717. The van der Waals surface area contributed by atoms with Gasteiger partial charge in [-0.25, -0.2) is 4.39 Å². The minimum absolute atomic E-state index is 0.163.